The molecule has 10 atom stereocenters. The summed E-state index contributed by atoms with van der Waals surface area (Å²) in [6.07, 6.45) is 3.55. The van der Waals surface area contributed by atoms with Gasteiger partial charge in [0.1, 0.15) is 28.8 Å². The van der Waals surface area contributed by atoms with E-state index in [0.29, 0.717) is 50.6 Å². The highest BCUT2D eigenvalue weighted by Crippen LogP contribution is 2.31. The number of carbonyl (C=O) groups excluding carboxylic acids is 8. The van der Waals surface area contributed by atoms with Crippen molar-refractivity contribution in [2.75, 3.05) is 47.6 Å². The molecule has 434 valence electrons. The van der Waals surface area contributed by atoms with Crippen molar-refractivity contribution < 1.29 is 62.0 Å². The van der Waals surface area contributed by atoms with Crippen LogP contribution >= 0.6 is 0 Å². The molecule has 18 nitrogen and oxygen atoms in total. The zero-order valence-electron chi connectivity index (χ0n) is 47.7. The summed E-state index contributed by atoms with van der Waals surface area (Å²) in [5, 5.41) is 11.5. The maximum atomic E-state index is 13.8. The number of benzene rings is 4. The van der Waals surface area contributed by atoms with Gasteiger partial charge >= 0.3 is 0 Å². The Bertz CT molecular complexity index is 2800. The Labute approximate surface area is 475 Å². The fourth-order valence-corrected chi connectivity index (χ4v) is 10.2. The molecule has 4 amide bonds. The largest absolute Gasteiger partial charge is 0.497 e. The molecule has 0 aromatic heterocycles. The van der Waals surface area contributed by atoms with Crippen molar-refractivity contribution >= 4 is 46.8 Å². The van der Waals surface area contributed by atoms with Crippen molar-refractivity contribution in [3.05, 3.63) is 131 Å². The molecular formula is C63H79N5O13. The van der Waals surface area contributed by atoms with Crippen LogP contribution in [0.1, 0.15) is 88.5 Å². The van der Waals surface area contributed by atoms with Crippen molar-refractivity contribution in [3.63, 3.8) is 0 Å². The molecule has 8 rings (SSSR count). The Kier molecular flexibility index (Phi) is 21.7. The van der Waals surface area contributed by atoms with Crippen LogP contribution in [0.25, 0.3) is 0 Å². The molecular weight excluding hydrogens is 1030 g/mol. The number of ether oxygens (including phenoxy) is 5. The minimum absolute atomic E-state index is 0.0835. The van der Waals surface area contributed by atoms with Crippen LogP contribution in [-0.2, 0) is 78.3 Å². The van der Waals surface area contributed by atoms with E-state index in [0.717, 1.165) is 48.1 Å². The summed E-state index contributed by atoms with van der Waals surface area (Å²) < 4.78 is 26.7. The van der Waals surface area contributed by atoms with Gasteiger partial charge in [-0.15, -0.1) is 0 Å². The van der Waals surface area contributed by atoms with Crippen LogP contribution in [-0.4, -0.2) is 147 Å². The number of ketones is 4. The molecule has 18 heteroatoms. The molecule has 4 heterocycles. The average Bonchev–Trinajstić information content (AvgIpc) is 4.26. The molecule has 4 fully saturated rings. The number of methoxy groups -OCH3 is 2. The second-order valence-corrected chi connectivity index (χ2v) is 22.2. The third-order valence-electron chi connectivity index (χ3n) is 15.7. The van der Waals surface area contributed by atoms with Crippen molar-refractivity contribution in [1.29, 1.82) is 0 Å². The van der Waals surface area contributed by atoms with Crippen LogP contribution in [0.5, 0.6) is 11.5 Å². The lowest BCUT2D eigenvalue weighted by atomic mass is 9.89. The van der Waals surface area contributed by atoms with E-state index < -0.39 is 59.2 Å². The highest BCUT2D eigenvalue weighted by atomic mass is 16.6. The fraction of sp³-hybridized carbons (Fsp3) is 0.492. The van der Waals surface area contributed by atoms with E-state index in [1.807, 2.05) is 96.9 Å². The Balaban J connectivity index is 0.000000234. The Morgan fingerprint density at radius 2 is 0.963 bits per heavy atom. The lowest BCUT2D eigenvalue weighted by Gasteiger charge is -2.25. The zero-order valence-corrected chi connectivity index (χ0v) is 47.7. The molecule has 0 unspecified atom stereocenters. The lowest BCUT2D eigenvalue weighted by molar-refractivity contribution is -0.135. The van der Waals surface area contributed by atoms with Crippen LogP contribution in [0.2, 0.25) is 0 Å². The number of rotatable bonds is 28. The Morgan fingerprint density at radius 3 is 1.32 bits per heavy atom. The number of likely N-dealkylation sites (N-methyl/N-ethyl adjacent to an activating group) is 1. The number of nitrogens with one attached hydrogen (secondary N) is 4. The molecule has 0 spiro atoms. The van der Waals surface area contributed by atoms with Gasteiger partial charge in [0, 0.05) is 31.3 Å². The maximum Gasteiger partial charge on any atom is 0.249 e. The number of carbonyl (C=O) groups is 8. The van der Waals surface area contributed by atoms with Gasteiger partial charge in [-0.2, -0.15) is 0 Å². The summed E-state index contributed by atoms with van der Waals surface area (Å²) in [6.45, 7) is 8.71. The van der Waals surface area contributed by atoms with E-state index in [9.17, 15) is 38.4 Å². The molecule has 4 saturated heterocycles. The van der Waals surface area contributed by atoms with E-state index in [2.05, 4.69) is 21.3 Å². The third-order valence-corrected chi connectivity index (χ3v) is 15.7. The summed E-state index contributed by atoms with van der Waals surface area (Å²) in [6, 6.07) is 30.1. The van der Waals surface area contributed by atoms with Gasteiger partial charge in [0.15, 0.2) is 23.1 Å². The van der Waals surface area contributed by atoms with Crippen LogP contribution in [0.15, 0.2) is 109 Å². The van der Waals surface area contributed by atoms with Gasteiger partial charge in [-0.1, -0.05) is 84.9 Å². The quantitative estimate of drug-likeness (QED) is 0.0543. The molecule has 4 aliphatic rings. The maximum absolute atomic E-state index is 13.8. The highest BCUT2D eigenvalue weighted by Gasteiger charge is 2.51. The second-order valence-electron chi connectivity index (χ2n) is 22.2. The highest BCUT2D eigenvalue weighted by molar-refractivity contribution is 5.99. The van der Waals surface area contributed by atoms with Gasteiger partial charge in [0.05, 0.1) is 57.6 Å². The number of hydrogen-bond acceptors (Lipinski definition) is 14. The smallest absolute Gasteiger partial charge is 0.249 e. The first kappa shape index (κ1) is 61.5. The Morgan fingerprint density at radius 1 is 0.556 bits per heavy atom. The van der Waals surface area contributed by atoms with Crippen molar-refractivity contribution in [3.8, 4) is 11.5 Å². The SMILES string of the molecule is COc1ccc(C[C@H](CC(=O)[C@H](C)NC(=O)[C@@H]2CCCN2C)C(=O)N[C@@H](Cc2ccccc2)C(=O)[C@@]2(C)CO2)cc1.COc1ccc(C[C@H](CC(=O)[C@H](C)NC(=O)[C@H]2CCCO2)C(=O)N[C@@H](Cc2ccccc2)C(=O)[C@@]2(C)CO2)cc1. The molecule has 0 bridgehead atoms. The van der Waals surface area contributed by atoms with E-state index >= 15 is 0 Å². The van der Waals surface area contributed by atoms with Crippen molar-refractivity contribution in [2.24, 2.45) is 11.8 Å². The molecule has 4 aromatic rings. The normalized spacial score (nSPS) is 22.2. The second kappa shape index (κ2) is 28.5. The minimum atomic E-state index is -0.921. The number of epoxide rings is 2. The van der Waals surface area contributed by atoms with Crippen LogP contribution < -0.4 is 30.7 Å². The molecule has 0 saturated carbocycles. The summed E-state index contributed by atoms with van der Waals surface area (Å²) in [5.74, 6) is -2.33. The summed E-state index contributed by atoms with van der Waals surface area (Å²) >= 11 is 0. The summed E-state index contributed by atoms with van der Waals surface area (Å²) in [7, 11) is 5.06. The number of amides is 4. The van der Waals surface area contributed by atoms with Crippen molar-refractivity contribution in [1.82, 2.24) is 26.2 Å². The fourth-order valence-electron chi connectivity index (χ4n) is 10.2. The van der Waals surface area contributed by atoms with Crippen LogP contribution in [0, 0.1) is 11.8 Å². The first-order chi connectivity index (χ1) is 38.8. The predicted molar refractivity (Wildman–Crippen MR) is 302 cm³/mol. The van der Waals surface area contributed by atoms with Gasteiger partial charge in [-0.3, -0.25) is 43.3 Å². The molecule has 4 N–H and O–H groups in total. The lowest BCUT2D eigenvalue weighted by Crippen LogP contribution is -2.50. The van der Waals surface area contributed by atoms with Gasteiger partial charge in [-0.25, -0.2) is 0 Å². The molecule has 4 aliphatic heterocycles. The van der Waals surface area contributed by atoms with Crippen LogP contribution in [0.3, 0.4) is 0 Å². The third kappa shape index (κ3) is 17.7. The van der Waals surface area contributed by atoms with E-state index in [-0.39, 0.29) is 72.6 Å². The van der Waals surface area contributed by atoms with E-state index in [1.165, 1.54) is 0 Å². The minimum Gasteiger partial charge on any atom is -0.497 e. The molecule has 4 aromatic carbocycles. The number of likely N-dealkylation sites (tertiary alicyclic amines) is 1. The number of hydrogen-bond donors (Lipinski definition) is 4. The standard InChI is InChI=1S/C32H41N3O6.C31H38N2O7/c1-21(33-31(39)27-11-8-16-35(27)3)28(36)19-24(17-23-12-14-25(40-4)15-13-23)30(38)34-26(29(37)32(2)20-41-32)18-22-9-6-5-7-10-22;1-20(32-30(37)27-10-7-15-39-27)26(34)18-23(16-22-11-13-24(38-3)14-12-22)29(36)33-25(28(35)31(2)19-40-31)17-21-8-5-4-6-9-21/h5-7,9-10,12-15,21,24,26-27H,8,11,16-20H2,1-4H3,(H,33,39)(H,34,38);4-6,8-9,11-14,20,23,25,27H,7,10,15-19H2,1-3H3,(H,32,37)(H,33,36)/t21-,24+,26-,27-,32+;20-,23+,25-,27+,31+/m00/s1. The average molecular weight is 1110 g/mol. The van der Waals surface area contributed by atoms with Gasteiger partial charge in [0.25, 0.3) is 0 Å². The van der Waals surface area contributed by atoms with E-state index in [4.69, 9.17) is 23.7 Å². The monoisotopic (exact) mass is 1110 g/mol. The first-order valence-electron chi connectivity index (χ1n) is 28.1. The number of Topliss-reactive ketones (excluding diaryl/α,β-unsaturated/α-hetero) is 4. The van der Waals surface area contributed by atoms with Gasteiger partial charge in [0.2, 0.25) is 23.6 Å². The Hall–Kier alpha value is -7.12. The predicted octanol–water partition coefficient (Wildman–Crippen LogP) is 5.08. The van der Waals surface area contributed by atoms with Crippen molar-refractivity contribution in [2.45, 2.75) is 139 Å². The molecule has 0 radical (unpaired) electrons. The topological polar surface area (TPSA) is 241 Å². The molecule has 81 heavy (non-hydrogen) atoms. The number of nitrogens with zero attached hydrogens (tertiary/aromatic N) is 1. The first-order valence-corrected chi connectivity index (χ1v) is 28.1. The van der Waals surface area contributed by atoms with E-state index in [1.54, 1.807) is 66.2 Å². The zero-order chi connectivity index (χ0) is 58.3. The van der Waals surface area contributed by atoms with Crippen LogP contribution in [0.4, 0.5) is 0 Å². The van der Waals surface area contributed by atoms with Gasteiger partial charge in [-0.05, 0) is 139 Å². The van der Waals surface area contributed by atoms with Gasteiger partial charge < -0.3 is 45.0 Å². The molecule has 0 aliphatic carbocycles. The summed E-state index contributed by atoms with van der Waals surface area (Å²) in [4.78, 5) is 108. The summed E-state index contributed by atoms with van der Waals surface area (Å²) in [5.41, 5.74) is 1.67.